The molecule has 3 N–H and O–H groups in total. The van der Waals surface area contributed by atoms with Crippen molar-refractivity contribution >= 4 is 27.1 Å². The Morgan fingerprint density at radius 2 is 1.67 bits per heavy atom. The van der Waals surface area contributed by atoms with Gasteiger partial charge in [-0.1, -0.05) is 39.0 Å². The summed E-state index contributed by atoms with van der Waals surface area (Å²) in [5.74, 6) is 0.136. The second-order valence-corrected chi connectivity index (χ2v) is 9.44. The van der Waals surface area contributed by atoms with E-state index in [0.717, 1.165) is 12.8 Å². The molecule has 0 saturated carbocycles. The lowest BCUT2D eigenvalue weighted by atomic mass is 10.1. The highest BCUT2D eigenvalue weighted by molar-refractivity contribution is 7.90. The molecule has 2 rings (SSSR count). The molecule has 0 heterocycles. The van der Waals surface area contributed by atoms with E-state index in [-0.39, 0.29) is 16.6 Å². The fourth-order valence-corrected chi connectivity index (χ4v) is 4.51. The Hall–Kier alpha value is -2.54. The summed E-state index contributed by atoms with van der Waals surface area (Å²) in [6.07, 6.45) is 6.94. The highest BCUT2D eigenvalue weighted by atomic mass is 32.2. The third-order valence-corrected chi connectivity index (χ3v) is 6.40. The summed E-state index contributed by atoms with van der Waals surface area (Å²) >= 11 is 0. The van der Waals surface area contributed by atoms with E-state index in [1.54, 1.807) is 30.3 Å². The van der Waals surface area contributed by atoms with Crippen LogP contribution in [-0.2, 0) is 20.4 Å². The minimum Gasteiger partial charge on any atom is -0.493 e. The van der Waals surface area contributed by atoms with Crippen molar-refractivity contribution in [3.63, 3.8) is 0 Å². The summed E-state index contributed by atoms with van der Waals surface area (Å²) in [5, 5.41) is 2.62. The quantitative estimate of drug-likeness (QED) is 0.366. The zero-order valence-corrected chi connectivity index (χ0v) is 18.6. The number of nitrogens with two attached hydrogens (primary N) is 1. The number of ether oxygens (including phenoxy) is 1. The van der Waals surface area contributed by atoms with E-state index in [2.05, 4.69) is 12.2 Å². The Balaban J connectivity index is 2.03. The number of benzene rings is 2. The molecule has 0 aliphatic heterocycles. The molecule has 0 fully saturated rings. The predicted molar refractivity (Wildman–Crippen MR) is 121 cm³/mol. The molecule has 6 nitrogen and oxygen atoms in total. The molecule has 0 aliphatic rings. The Kier molecular flexibility index (Phi) is 9.17. The largest absolute Gasteiger partial charge is 0.493 e. The predicted octanol–water partition coefficient (Wildman–Crippen LogP) is 4.94. The minimum atomic E-state index is -3.59. The number of sulfone groups is 1. The summed E-state index contributed by atoms with van der Waals surface area (Å²) in [4.78, 5) is 11.3. The molecule has 0 atom stereocenters. The van der Waals surface area contributed by atoms with Crippen molar-refractivity contribution in [1.82, 2.24) is 0 Å². The van der Waals surface area contributed by atoms with Gasteiger partial charge in [0.25, 0.3) is 0 Å². The van der Waals surface area contributed by atoms with Gasteiger partial charge in [-0.05, 0) is 48.9 Å². The van der Waals surface area contributed by atoms with E-state index in [1.165, 1.54) is 44.7 Å². The van der Waals surface area contributed by atoms with Crippen LogP contribution in [0.5, 0.6) is 5.75 Å². The fourth-order valence-electron chi connectivity index (χ4n) is 3.15. The summed E-state index contributed by atoms with van der Waals surface area (Å²) < 4.78 is 31.7. The maximum Gasteiger partial charge on any atom is 0.221 e. The van der Waals surface area contributed by atoms with E-state index in [1.807, 2.05) is 0 Å². The average Bonchev–Trinajstić information content (AvgIpc) is 2.68. The third-order valence-electron chi connectivity index (χ3n) is 4.72. The molecule has 0 bridgehead atoms. The molecule has 0 aliphatic carbocycles. The number of unbranched alkanes of at least 4 members (excludes halogenated alkanes) is 5. The summed E-state index contributed by atoms with van der Waals surface area (Å²) in [5.41, 5.74) is 7.47. The Labute approximate surface area is 179 Å². The number of carbonyl (C=O) groups excluding carboxylic acids is 1. The highest BCUT2D eigenvalue weighted by Gasteiger charge is 2.18. The second kappa shape index (κ2) is 11.6. The number of hydrogen-bond acceptors (Lipinski definition) is 5. The molecular weight excluding hydrogens is 400 g/mol. The molecule has 7 heteroatoms. The standard InChI is InChI=1S/C23H32N2O4S/c1-3-4-5-6-7-8-15-29-23-14-9-20(24)16-19(23)17-30(27,28)22-12-10-21(11-13-22)25-18(2)26/h9-14,16H,3-8,15,17,24H2,1-2H3,(H,25,26). The van der Waals surface area contributed by atoms with Crippen molar-refractivity contribution in [2.75, 3.05) is 17.7 Å². The molecule has 0 spiro atoms. The molecule has 0 radical (unpaired) electrons. The van der Waals surface area contributed by atoms with Gasteiger partial charge in [-0.25, -0.2) is 8.42 Å². The van der Waals surface area contributed by atoms with Crippen molar-refractivity contribution < 1.29 is 17.9 Å². The Bertz CT molecular complexity index is 925. The van der Waals surface area contributed by atoms with Gasteiger partial charge in [0.2, 0.25) is 5.91 Å². The van der Waals surface area contributed by atoms with Gasteiger partial charge in [-0.3, -0.25) is 4.79 Å². The molecule has 2 aromatic rings. The molecule has 0 saturated heterocycles. The maximum atomic E-state index is 12.9. The van der Waals surface area contributed by atoms with Crippen LogP contribution in [0.15, 0.2) is 47.4 Å². The van der Waals surface area contributed by atoms with Gasteiger partial charge in [0, 0.05) is 23.9 Å². The van der Waals surface area contributed by atoms with Crippen LogP contribution < -0.4 is 15.8 Å². The number of hydrogen-bond donors (Lipinski definition) is 2. The molecule has 0 aromatic heterocycles. The van der Waals surface area contributed by atoms with Gasteiger partial charge in [0.15, 0.2) is 9.84 Å². The normalized spacial score (nSPS) is 11.3. The molecule has 1 amide bonds. The fraction of sp³-hybridized carbons (Fsp3) is 0.435. The van der Waals surface area contributed by atoms with Crippen LogP contribution in [0.1, 0.15) is 57.9 Å². The van der Waals surface area contributed by atoms with Gasteiger partial charge < -0.3 is 15.8 Å². The number of nitrogen functional groups attached to an aromatic ring is 1. The van der Waals surface area contributed by atoms with Gasteiger partial charge in [-0.15, -0.1) is 0 Å². The molecule has 164 valence electrons. The lowest BCUT2D eigenvalue weighted by Crippen LogP contribution is -2.09. The zero-order chi connectivity index (χ0) is 22.0. The lowest BCUT2D eigenvalue weighted by molar-refractivity contribution is -0.114. The number of anilines is 2. The van der Waals surface area contributed by atoms with E-state index in [4.69, 9.17) is 10.5 Å². The Morgan fingerprint density at radius 1 is 1.00 bits per heavy atom. The van der Waals surface area contributed by atoms with Crippen molar-refractivity contribution in [1.29, 1.82) is 0 Å². The molecule has 2 aromatic carbocycles. The first-order chi connectivity index (χ1) is 14.3. The van der Waals surface area contributed by atoms with Crippen molar-refractivity contribution in [3.8, 4) is 5.75 Å². The van der Waals surface area contributed by atoms with E-state index < -0.39 is 9.84 Å². The number of rotatable bonds is 12. The van der Waals surface area contributed by atoms with Crippen LogP contribution in [0.2, 0.25) is 0 Å². The third kappa shape index (κ3) is 7.71. The van der Waals surface area contributed by atoms with Crippen molar-refractivity contribution in [3.05, 3.63) is 48.0 Å². The first kappa shape index (κ1) is 23.7. The van der Waals surface area contributed by atoms with E-state index in [9.17, 15) is 13.2 Å². The first-order valence-corrected chi connectivity index (χ1v) is 12.1. The van der Waals surface area contributed by atoms with Gasteiger partial charge in [0.1, 0.15) is 5.75 Å². The molecule has 0 unspecified atom stereocenters. The lowest BCUT2D eigenvalue weighted by Gasteiger charge is -2.13. The van der Waals surface area contributed by atoms with Crippen LogP contribution in [0, 0.1) is 0 Å². The SMILES string of the molecule is CCCCCCCCOc1ccc(N)cc1CS(=O)(=O)c1ccc(NC(C)=O)cc1. The van der Waals surface area contributed by atoms with E-state index >= 15 is 0 Å². The number of amides is 1. The average molecular weight is 433 g/mol. The van der Waals surface area contributed by atoms with Crippen LogP contribution in [0.25, 0.3) is 0 Å². The highest BCUT2D eigenvalue weighted by Crippen LogP contribution is 2.27. The first-order valence-electron chi connectivity index (χ1n) is 10.4. The maximum absolute atomic E-state index is 12.9. The monoisotopic (exact) mass is 432 g/mol. The topological polar surface area (TPSA) is 98.5 Å². The van der Waals surface area contributed by atoms with E-state index in [0.29, 0.717) is 29.3 Å². The smallest absolute Gasteiger partial charge is 0.221 e. The van der Waals surface area contributed by atoms with Crippen molar-refractivity contribution in [2.45, 2.75) is 63.0 Å². The Morgan fingerprint density at radius 3 is 2.33 bits per heavy atom. The molecular formula is C23H32N2O4S. The summed E-state index contributed by atoms with van der Waals surface area (Å²) in [7, 11) is -3.59. The summed E-state index contributed by atoms with van der Waals surface area (Å²) in [6.45, 7) is 4.14. The van der Waals surface area contributed by atoms with Crippen LogP contribution >= 0.6 is 0 Å². The minimum absolute atomic E-state index is 0.181. The number of carbonyl (C=O) groups is 1. The van der Waals surface area contributed by atoms with Gasteiger partial charge in [0.05, 0.1) is 17.3 Å². The van der Waals surface area contributed by atoms with Gasteiger partial charge in [-0.2, -0.15) is 0 Å². The second-order valence-electron chi connectivity index (χ2n) is 7.45. The van der Waals surface area contributed by atoms with Gasteiger partial charge >= 0.3 is 0 Å². The van der Waals surface area contributed by atoms with Crippen molar-refractivity contribution in [2.24, 2.45) is 0 Å². The molecule has 30 heavy (non-hydrogen) atoms. The van der Waals surface area contributed by atoms with Crippen LogP contribution in [0.3, 0.4) is 0 Å². The summed E-state index contributed by atoms with van der Waals surface area (Å²) in [6, 6.07) is 11.2. The van der Waals surface area contributed by atoms with Crippen LogP contribution in [0.4, 0.5) is 11.4 Å². The zero-order valence-electron chi connectivity index (χ0n) is 17.8. The number of nitrogens with one attached hydrogen (secondary N) is 1. The van der Waals surface area contributed by atoms with Crippen LogP contribution in [-0.4, -0.2) is 20.9 Å².